The number of pyridine rings is 1. The summed E-state index contributed by atoms with van der Waals surface area (Å²) in [6.07, 6.45) is 2.66. The van der Waals surface area contributed by atoms with Gasteiger partial charge in [0.25, 0.3) is 5.91 Å². The number of rotatable bonds is 6. The molecular formula is C18H24N4O4S. The van der Waals surface area contributed by atoms with Crippen LogP contribution in [0.5, 0.6) is 0 Å². The van der Waals surface area contributed by atoms with Crippen LogP contribution in [0.2, 0.25) is 0 Å². The molecule has 0 aromatic carbocycles. The number of aromatic nitrogens is 3. The summed E-state index contributed by atoms with van der Waals surface area (Å²) in [7, 11) is -1.45. The number of ether oxygens (including phenoxy) is 1. The van der Waals surface area contributed by atoms with E-state index in [1.807, 2.05) is 13.0 Å². The first kappa shape index (κ1) is 18.4. The van der Waals surface area contributed by atoms with Gasteiger partial charge in [-0.15, -0.1) is 0 Å². The van der Waals surface area contributed by atoms with Crippen LogP contribution in [0.3, 0.4) is 0 Å². The minimum atomic E-state index is -3.04. The molecule has 4 rings (SSSR count). The van der Waals surface area contributed by atoms with E-state index in [2.05, 4.69) is 10.4 Å². The summed E-state index contributed by atoms with van der Waals surface area (Å²) in [6.45, 7) is 2.70. The summed E-state index contributed by atoms with van der Waals surface area (Å²) in [5.41, 5.74) is 2.76. The minimum Gasteiger partial charge on any atom is -0.383 e. The highest BCUT2D eigenvalue weighted by Crippen LogP contribution is 2.41. The molecule has 1 aliphatic carbocycles. The number of sulfone groups is 1. The van der Waals surface area contributed by atoms with Crippen LogP contribution in [0, 0.1) is 6.92 Å². The SMILES string of the molecule is COCCNC(=O)c1cc(C2CC2)nc2c1c(C)nn2[C@@H]1CCS(=O)(=O)C1. The van der Waals surface area contributed by atoms with Crippen molar-refractivity contribution in [2.45, 2.75) is 38.1 Å². The first-order valence-electron chi connectivity index (χ1n) is 9.27. The Morgan fingerprint density at radius 2 is 2.15 bits per heavy atom. The third-order valence-corrected chi connectivity index (χ3v) is 6.99. The Bertz CT molecular complexity index is 994. The number of nitrogens with zero attached hydrogens (tertiary/aromatic N) is 3. The van der Waals surface area contributed by atoms with Crippen molar-refractivity contribution in [1.29, 1.82) is 0 Å². The summed E-state index contributed by atoms with van der Waals surface area (Å²) in [5.74, 6) is 0.442. The maximum absolute atomic E-state index is 12.8. The lowest BCUT2D eigenvalue weighted by molar-refractivity contribution is 0.0938. The normalized spacial score (nSPS) is 21.6. The molecule has 2 aliphatic rings. The van der Waals surface area contributed by atoms with E-state index >= 15 is 0 Å². The van der Waals surface area contributed by atoms with Gasteiger partial charge in [0.1, 0.15) is 0 Å². The lowest BCUT2D eigenvalue weighted by Crippen LogP contribution is -2.27. The Morgan fingerprint density at radius 1 is 1.37 bits per heavy atom. The van der Waals surface area contributed by atoms with Crippen LogP contribution in [-0.4, -0.2) is 60.9 Å². The number of aryl methyl sites for hydroxylation is 1. The molecule has 0 radical (unpaired) electrons. The van der Waals surface area contributed by atoms with Crippen molar-refractivity contribution in [3.8, 4) is 0 Å². The van der Waals surface area contributed by atoms with Gasteiger partial charge in [-0.1, -0.05) is 0 Å². The zero-order valence-electron chi connectivity index (χ0n) is 15.6. The molecule has 0 spiro atoms. The molecule has 8 nitrogen and oxygen atoms in total. The van der Waals surface area contributed by atoms with Gasteiger partial charge in [-0.2, -0.15) is 5.10 Å². The molecule has 1 saturated carbocycles. The predicted molar refractivity (Wildman–Crippen MR) is 101 cm³/mol. The van der Waals surface area contributed by atoms with Crippen molar-refractivity contribution in [2.24, 2.45) is 0 Å². The highest BCUT2D eigenvalue weighted by molar-refractivity contribution is 7.91. The summed E-state index contributed by atoms with van der Waals surface area (Å²) in [5, 5.41) is 8.16. The Hall–Kier alpha value is -2.00. The fraction of sp³-hybridized carbons (Fsp3) is 0.611. The maximum atomic E-state index is 12.8. The average Bonchev–Trinajstić information content (AvgIpc) is 3.34. The van der Waals surface area contributed by atoms with E-state index in [1.165, 1.54) is 0 Å². The molecule has 2 aromatic heterocycles. The van der Waals surface area contributed by atoms with Crippen LogP contribution in [0.25, 0.3) is 11.0 Å². The van der Waals surface area contributed by atoms with E-state index in [4.69, 9.17) is 9.72 Å². The lowest BCUT2D eigenvalue weighted by atomic mass is 10.1. The van der Waals surface area contributed by atoms with Gasteiger partial charge in [0.2, 0.25) is 0 Å². The predicted octanol–water partition coefficient (Wildman–Crippen LogP) is 1.35. The Balaban J connectivity index is 1.79. The van der Waals surface area contributed by atoms with E-state index in [-0.39, 0.29) is 23.5 Å². The average molecular weight is 392 g/mol. The standard InChI is InChI=1S/C18H24N4O4S/c1-11-16-14(18(23)19-6-7-26-2)9-15(12-3-4-12)20-17(16)22(21-11)13-5-8-27(24,25)10-13/h9,12-13H,3-8,10H2,1-2H3,(H,19,23)/t13-/m1/s1. The molecule has 1 saturated heterocycles. The first-order chi connectivity index (χ1) is 12.9. The molecular weight excluding hydrogens is 368 g/mol. The van der Waals surface area contributed by atoms with Crippen LogP contribution in [0.4, 0.5) is 0 Å². The molecule has 1 aliphatic heterocycles. The Morgan fingerprint density at radius 3 is 2.78 bits per heavy atom. The third-order valence-electron chi connectivity index (χ3n) is 5.24. The number of carbonyl (C=O) groups is 1. The molecule has 3 heterocycles. The number of amides is 1. The maximum Gasteiger partial charge on any atom is 0.252 e. The largest absolute Gasteiger partial charge is 0.383 e. The molecule has 2 aromatic rings. The Kier molecular flexibility index (Phi) is 4.67. The number of nitrogens with one attached hydrogen (secondary N) is 1. The second-order valence-corrected chi connectivity index (χ2v) is 9.63. The highest BCUT2D eigenvalue weighted by Gasteiger charge is 2.33. The van der Waals surface area contributed by atoms with Crippen molar-refractivity contribution in [1.82, 2.24) is 20.1 Å². The second-order valence-electron chi connectivity index (χ2n) is 7.40. The number of carbonyl (C=O) groups excluding carboxylic acids is 1. The van der Waals surface area contributed by atoms with Crippen molar-refractivity contribution in [2.75, 3.05) is 31.8 Å². The van der Waals surface area contributed by atoms with Gasteiger partial charge >= 0.3 is 0 Å². The highest BCUT2D eigenvalue weighted by atomic mass is 32.2. The molecule has 0 unspecified atom stereocenters. The van der Waals surface area contributed by atoms with E-state index < -0.39 is 9.84 Å². The van der Waals surface area contributed by atoms with Gasteiger partial charge in [0, 0.05) is 25.3 Å². The van der Waals surface area contributed by atoms with Gasteiger partial charge in [0.15, 0.2) is 15.5 Å². The fourth-order valence-corrected chi connectivity index (χ4v) is 5.38. The van der Waals surface area contributed by atoms with Crippen LogP contribution >= 0.6 is 0 Å². The number of fused-ring (bicyclic) bond motifs is 1. The van der Waals surface area contributed by atoms with Crippen molar-refractivity contribution >= 4 is 26.8 Å². The minimum absolute atomic E-state index is 0.0773. The third kappa shape index (κ3) is 3.58. The first-order valence-corrected chi connectivity index (χ1v) is 11.1. The lowest BCUT2D eigenvalue weighted by Gasteiger charge is -2.12. The molecule has 2 fully saturated rings. The van der Waals surface area contributed by atoms with Crippen LogP contribution in [0.1, 0.15) is 53.0 Å². The zero-order chi connectivity index (χ0) is 19.2. The molecule has 0 bridgehead atoms. The second kappa shape index (κ2) is 6.87. The molecule has 1 atom stereocenters. The summed E-state index contributed by atoms with van der Waals surface area (Å²) < 4.78 is 30.6. The number of hydrogen-bond acceptors (Lipinski definition) is 6. The molecule has 1 amide bonds. The summed E-state index contributed by atoms with van der Waals surface area (Å²) >= 11 is 0. The van der Waals surface area contributed by atoms with Crippen molar-refractivity contribution in [3.05, 3.63) is 23.0 Å². The van der Waals surface area contributed by atoms with E-state index in [9.17, 15) is 13.2 Å². The molecule has 146 valence electrons. The van der Waals surface area contributed by atoms with Crippen molar-refractivity contribution < 1.29 is 17.9 Å². The molecule has 9 heteroatoms. The quantitative estimate of drug-likeness (QED) is 0.745. The van der Waals surface area contributed by atoms with Gasteiger partial charge in [-0.25, -0.2) is 18.1 Å². The Labute approximate surface area is 158 Å². The van der Waals surface area contributed by atoms with Crippen molar-refractivity contribution in [3.63, 3.8) is 0 Å². The number of hydrogen-bond donors (Lipinski definition) is 1. The summed E-state index contributed by atoms with van der Waals surface area (Å²) in [6, 6.07) is 1.64. The van der Waals surface area contributed by atoms with E-state index in [0.29, 0.717) is 47.8 Å². The topological polar surface area (TPSA) is 103 Å². The molecule has 27 heavy (non-hydrogen) atoms. The monoisotopic (exact) mass is 392 g/mol. The van der Waals surface area contributed by atoms with Gasteiger partial charge < -0.3 is 10.1 Å². The fourth-order valence-electron chi connectivity index (χ4n) is 3.68. The van der Waals surface area contributed by atoms with Gasteiger partial charge in [-0.05, 0) is 32.3 Å². The van der Waals surface area contributed by atoms with Gasteiger partial charge in [-0.3, -0.25) is 4.79 Å². The van der Waals surface area contributed by atoms with E-state index in [0.717, 1.165) is 18.5 Å². The van der Waals surface area contributed by atoms with Crippen LogP contribution < -0.4 is 5.32 Å². The van der Waals surface area contributed by atoms with Crippen LogP contribution in [0.15, 0.2) is 6.07 Å². The molecule has 1 N–H and O–H groups in total. The van der Waals surface area contributed by atoms with Crippen LogP contribution in [-0.2, 0) is 14.6 Å². The smallest absolute Gasteiger partial charge is 0.252 e. The summed E-state index contributed by atoms with van der Waals surface area (Å²) in [4.78, 5) is 17.6. The zero-order valence-corrected chi connectivity index (χ0v) is 16.4. The number of methoxy groups -OCH3 is 1. The van der Waals surface area contributed by atoms with E-state index in [1.54, 1.807) is 11.8 Å². The van der Waals surface area contributed by atoms with Gasteiger partial charge in [0.05, 0.1) is 40.8 Å².